The predicted octanol–water partition coefficient (Wildman–Crippen LogP) is 3.21. The Hall–Kier alpha value is -3.01. The number of nitrogens with zero attached hydrogens (tertiary/aromatic N) is 3. The van der Waals surface area contributed by atoms with Crippen LogP contribution in [0, 0.1) is 13.8 Å². The quantitative estimate of drug-likeness (QED) is 0.441. The van der Waals surface area contributed by atoms with E-state index in [4.69, 9.17) is 14.6 Å². The van der Waals surface area contributed by atoms with Crippen LogP contribution >= 0.6 is 11.5 Å². The Kier molecular flexibility index (Phi) is 7.54. The van der Waals surface area contributed by atoms with Gasteiger partial charge in [0.05, 0.1) is 32.1 Å². The van der Waals surface area contributed by atoms with Gasteiger partial charge in [-0.05, 0) is 55.6 Å². The van der Waals surface area contributed by atoms with Gasteiger partial charge in [-0.1, -0.05) is 18.2 Å². The van der Waals surface area contributed by atoms with Crippen LogP contribution in [0.15, 0.2) is 36.4 Å². The first-order valence-electron chi connectivity index (χ1n) is 11.0. The molecule has 33 heavy (non-hydrogen) atoms. The molecular formula is C24H28N4O4S. The molecule has 1 amide bonds. The van der Waals surface area contributed by atoms with Gasteiger partial charge in [-0.25, -0.2) is 4.98 Å². The number of hydrogen-bond donors (Lipinski definition) is 2. The van der Waals surface area contributed by atoms with Gasteiger partial charge in [-0.3, -0.25) is 4.79 Å². The van der Waals surface area contributed by atoms with Crippen molar-refractivity contribution in [2.24, 2.45) is 0 Å². The number of ether oxygens (including phenoxy) is 2. The SMILES string of the molecule is Cc1nsc(-c2ccc(C)c(NCC(=O)N3CCc4c(OCCOCCO)cccc43)c2)n1. The number of nitrogens with one attached hydrogen (secondary N) is 1. The first kappa shape index (κ1) is 23.2. The summed E-state index contributed by atoms with van der Waals surface area (Å²) in [4.78, 5) is 19.3. The van der Waals surface area contributed by atoms with Gasteiger partial charge in [0.1, 0.15) is 23.2 Å². The summed E-state index contributed by atoms with van der Waals surface area (Å²) in [6, 6.07) is 11.8. The third kappa shape index (κ3) is 5.50. The Bertz CT molecular complexity index is 1120. The Labute approximate surface area is 197 Å². The number of aliphatic hydroxyl groups is 1. The number of carbonyl (C=O) groups is 1. The molecule has 1 aromatic heterocycles. The van der Waals surface area contributed by atoms with Gasteiger partial charge in [-0.2, -0.15) is 4.37 Å². The van der Waals surface area contributed by atoms with E-state index in [2.05, 4.69) is 14.7 Å². The molecule has 0 unspecified atom stereocenters. The summed E-state index contributed by atoms with van der Waals surface area (Å²) in [5.41, 5.74) is 4.89. The molecule has 0 fully saturated rings. The number of benzene rings is 2. The zero-order valence-electron chi connectivity index (χ0n) is 18.8. The zero-order chi connectivity index (χ0) is 23.2. The fourth-order valence-electron chi connectivity index (χ4n) is 3.80. The van der Waals surface area contributed by atoms with Crippen molar-refractivity contribution in [2.45, 2.75) is 20.3 Å². The van der Waals surface area contributed by atoms with Crippen LogP contribution in [0.1, 0.15) is 17.0 Å². The van der Waals surface area contributed by atoms with Gasteiger partial charge in [-0.15, -0.1) is 0 Å². The monoisotopic (exact) mass is 468 g/mol. The third-order valence-corrected chi connectivity index (χ3v) is 6.30. The summed E-state index contributed by atoms with van der Waals surface area (Å²) in [6.07, 6.45) is 0.750. The van der Waals surface area contributed by atoms with E-state index < -0.39 is 0 Å². The van der Waals surface area contributed by atoms with E-state index in [0.29, 0.717) is 26.4 Å². The molecular weight excluding hydrogens is 440 g/mol. The number of anilines is 2. The molecule has 8 nitrogen and oxygen atoms in total. The molecule has 2 aromatic carbocycles. The average Bonchev–Trinajstić information content (AvgIpc) is 3.45. The summed E-state index contributed by atoms with van der Waals surface area (Å²) in [6.45, 7) is 5.81. The minimum Gasteiger partial charge on any atom is -0.491 e. The minimum atomic E-state index is -0.00252. The van der Waals surface area contributed by atoms with Crippen LogP contribution in [-0.2, 0) is 16.0 Å². The highest BCUT2D eigenvalue weighted by molar-refractivity contribution is 7.09. The first-order chi connectivity index (χ1) is 16.1. The largest absolute Gasteiger partial charge is 0.491 e. The molecule has 0 spiro atoms. The summed E-state index contributed by atoms with van der Waals surface area (Å²) < 4.78 is 15.4. The highest BCUT2D eigenvalue weighted by Crippen LogP contribution is 2.35. The Balaban J connectivity index is 1.39. The molecule has 2 N–H and O–H groups in total. The van der Waals surface area contributed by atoms with Gasteiger partial charge >= 0.3 is 0 Å². The second-order valence-electron chi connectivity index (χ2n) is 7.76. The summed E-state index contributed by atoms with van der Waals surface area (Å²) in [5, 5.41) is 12.9. The highest BCUT2D eigenvalue weighted by atomic mass is 32.1. The van der Waals surface area contributed by atoms with Crippen molar-refractivity contribution in [1.29, 1.82) is 0 Å². The molecule has 1 aliphatic rings. The number of carbonyl (C=O) groups excluding carboxylic acids is 1. The lowest BCUT2D eigenvalue weighted by atomic mass is 10.1. The fourth-order valence-corrected chi connectivity index (χ4v) is 4.46. The molecule has 0 atom stereocenters. The van der Waals surface area contributed by atoms with Crippen molar-refractivity contribution in [2.75, 3.05) is 49.7 Å². The molecule has 174 valence electrons. The molecule has 0 saturated heterocycles. The van der Waals surface area contributed by atoms with Crippen LogP contribution in [0.5, 0.6) is 5.75 Å². The number of fused-ring (bicyclic) bond motifs is 1. The van der Waals surface area contributed by atoms with E-state index in [-0.39, 0.29) is 19.1 Å². The van der Waals surface area contributed by atoms with Crippen molar-refractivity contribution in [3.05, 3.63) is 53.3 Å². The Morgan fingerprint density at radius 3 is 2.88 bits per heavy atom. The van der Waals surface area contributed by atoms with E-state index in [1.165, 1.54) is 11.5 Å². The van der Waals surface area contributed by atoms with Crippen LogP contribution in [0.4, 0.5) is 11.4 Å². The Morgan fingerprint density at radius 2 is 2.09 bits per heavy atom. The van der Waals surface area contributed by atoms with Gasteiger partial charge in [0, 0.05) is 23.4 Å². The van der Waals surface area contributed by atoms with E-state index in [9.17, 15) is 4.79 Å². The van der Waals surface area contributed by atoms with E-state index in [0.717, 1.165) is 51.1 Å². The number of aromatic nitrogens is 2. The van der Waals surface area contributed by atoms with Crippen molar-refractivity contribution in [1.82, 2.24) is 9.36 Å². The summed E-state index contributed by atoms with van der Waals surface area (Å²) in [7, 11) is 0. The lowest BCUT2D eigenvalue weighted by Gasteiger charge is -2.19. The second-order valence-corrected chi connectivity index (χ2v) is 8.52. The van der Waals surface area contributed by atoms with E-state index >= 15 is 0 Å². The minimum absolute atomic E-state index is 0.00252. The second kappa shape index (κ2) is 10.7. The first-order valence-corrected chi connectivity index (χ1v) is 11.7. The third-order valence-electron chi connectivity index (χ3n) is 5.45. The van der Waals surface area contributed by atoms with Crippen molar-refractivity contribution >= 4 is 28.8 Å². The molecule has 4 rings (SSSR count). The number of hydrogen-bond acceptors (Lipinski definition) is 8. The number of aryl methyl sites for hydroxylation is 2. The lowest BCUT2D eigenvalue weighted by Crippen LogP contribution is -2.34. The van der Waals surface area contributed by atoms with Crippen LogP contribution in [0.2, 0.25) is 0 Å². The number of aliphatic hydroxyl groups excluding tert-OH is 1. The fraction of sp³-hybridized carbons (Fsp3) is 0.375. The van der Waals surface area contributed by atoms with Crippen LogP contribution in [0.25, 0.3) is 10.6 Å². The molecule has 1 aliphatic heterocycles. The smallest absolute Gasteiger partial charge is 0.246 e. The van der Waals surface area contributed by atoms with Gasteiger partial charge < -0.3 is 24.8 Å². The molecule has 0 radical (unpaired) electrons. The van der Waals surface area contributed by atoms with Crippen molar-refractivity contribution in [3.63, 3.8) is 0 Å². The van der Waals surface area contributed by atoms with Crippen molar-refractivity contribution in [3.8, 4) is 16.3 Å². The average molecular weight is 469 g/mol. The maximum Gasteiger partial charge on any atom is 0.246 e. The topological polar surface area (TPSA) is 96.8 Å². The number of rotatable bonds is 10. The Morgan fingerprint density at radius 1 is 1.21 bits per heavy atom. The molecule has 3 aromatic rings. The summed E-state index contributed by atoms with van der Waals surface area (Å²) in [5.74, 6) is 1.54. The standard InChI is InChI=1S/C24H28N4O4S/c1-16-6-7-18(24-26-17(2)27-33-24)14-20(16)25-15-23(30)28-9-8-19-21(28)4-3-5-22(19)32-13-12-31-11-10-29/h3-7,14,25,29H,8-13,15H2,1-2H3. The molecule has 0 bridgehead atoms. The van der Waals surface area contributed by atoms with Gasteiger partial charge in [0.2, 0.25) is 5.91 Å². The molecule has 0 saturated carbocycles. The van der Waals surface area contributed by atoms with Crippen molar-refractivity contribution < 1.29 is 19.4 Å². The van der Waals surface area contributed by atoms with Gasteiger partial charge in [0.15, 0.2) is 0 Å². The maximum atomic E-state index is 13.1. The molecule has 2 heterocycles. The van der Waals surface area contributed by atoms with Gasteiger partial charge in [0.25, 0.3) is 0 Å². The highest BCUT2D eigenvalue weighted by Gasteiger charge is 2.27. The lowest BCUT2D eigenvalue weighted by molar-refractivity contribution is -0.116. The van der Waals surface area contributed by atoms with E-state index in [1.807, 2.05) is 55.1 Å². The summed E-state index contributed by atoms with van der Waals surface area (Å²) >= 11 is 1.37. The van der Waals surface area contributed by atoms with Crippen LogP contribution in [-0.4, -0.2) is 59.9 Å². The maximum absolute atomic E-state index is 13.1. The molecule has 9 heteroatoms. The van der Waals surface area contributed by atoms with E-state index in [1.54, 1.807) is 0 Å². The normalized spacial score (nSPS) is 12.6. The molecule has 0 aliphatic carbocycles. The number of amides is 1. The van der Waals surface area contributed by atoms with Crippen LogP contribution in [0.3, 0.4) is 0 Å². The van der Waals surface area contributed by atoms with Crippen LogP contribution < -0.4 is 15.0 Å². The predicted molar refractivity (Wildman–Crippen MR) is 129 cm³/mol. The zero-order valence-corrected chi connectivity index (χ0v) is 19.7.